The van der Waals surface area contributed by atoms with Crippen molar-refractivity contribution in [3.05, 3.63) is 78.2 Å². The first-order valence-corrected chi connectivity index (χ1v) is 11.7. The van der Waals surface area contributed by atoms with E-state index < -0.39 is 0 Å². The molecule has 5 aromatic rings. The highest BCUT2D eigenvalue weighted by molar-refractivity contribution is 5.98. The first kappa shape index (κ1) is 20.2. The van der Waals surface area contributed by atoms with Gasteiger partial charge in [0.05, 0.1) is 0 Å². The van der Waals surface area contributed by atoms with E-state index >= 15 is 0 Å². The Morgan fingerprint density at radius 3 is 2.48 bits per heavy atom. The SMILES string of the molecule is Cc1cc2cc(-c3c[nH]c4ncc(-c5ccc(CN6CCN(C)CC6)cc5)cc34)ccc2[nH]1. The number of aryl methyl sites for hydroxylation is 1. The molecule has 3 aromatic heterocycles. The Morgan fingerprint density at radius 1 is 0.879 bits per heavy atom. The van der Waals surface area contributed by atoms with Crippen LogP contribution in [0.25, 0.3) is 44.2 Å². The normalized spacial score (nSPS) is 15.6. The topological polar surface area (TPSA) is 51.0 Å². The van der Waals surface area contributed by atoms with Crippen LogP contribution < -0.4 is 0 Å². The molecule has 1 aliphatic heterocycles. The summed E-state index contributed by atoms with van der Waals surface area (Å²) in [4.78, 5) is 16.4. The van der Waals surface area contributed by atoms with Crippen molar-refractivity contribution in [3.63, 3.8) is 0 Å². The molecule has 0 amide bonds. The second kappa shape index (κ2) is 8.18. The van der Waals surface area contributed by atoms with Crippen LogP contribution >= 0.6 is 0 Å². The zero-order valence-corrected chi connectivity index (χ0v) is 19.2. The van der Waals surface area contributed by atoms with Crippen LogP contribution in [0.1, 0.15) is 11.3 Å². The summed E-state index contributed by atoms with van der Waals surface area (Å²) in [6.45, 7) is 7.71. The lowest BCUT2D eigenvalue weighted by atomic mass is 10.0. The molecule has 2 N–H and O–H groups in total. The molecule has 5 heteroatoms. The molecule has 166 valence electrons. The Balaban J connectivity index is 1.28. The van der Waals surface area contributed by atoms with Gasteiger partial charge < -0.3 is 14.9 Å². The fraction of sp³-hybridized carbons (Fsp3) is 0.250. The minimum Gasteiger partial charge on any atom is -0.359 e. The molecule has 1 saturated heterocycles. The summed E-state index contributed by atoms with van der Waals surface area (Å²) < 4.78 is 0. The van der Waals surface area contributed by atoms with Gasteiger partial charge in [-0.15, -0.1) is 0 Å². The van der Waals surface area contributed by atoms with Gasteiger partial charge in [-0.05, 0) is 54.9 Å². The van der Waals surface area contributed by atoms with Gasteiger partial charge in [0.25, 0.3) is 0 Å². The quantitative estimate of drug-likeness (QED) is 0.396. The van der Waals surface area contributed by atoms with Crippen LogP contribution in [0, 0.1) is 6.92 Å². The van der Waals surface area contributed by atoms with Crippen LogP contribution in [0.15, 0.2) is 67.0 Å². The summed E-state index contributed by atoms with van der Waals surface area (Å²) in [6, 6.07) is 20.0. The van der Waals surface area contributed by atoms with Crippen molar-refractivity contribution in [2.24, 2.45) is 0 Å². The minimum absolute atomic E-state index is 0.922. The molecule has 0 atom stereocenters. The van der Waals surface area contributed by atoms with Crippen molar-refractivity contribution in [1.82, 2.24) is 24.8 Å². The zero-order valence-electron chi connectivity index (χ0n) is 19.2. The predicted molar refractivity (Wildman–Crippen MR) is 136 cm³/mol. The highest BCUT2D eigenvalue weighted by Crippen LogP contribution is 2.33. The maximum Gasteiger partial charge on any atom is 0.137 e. The Labute approximate surface area is 194 Å². The van der Waals surface area contributed by atoms with E-state index in [1.54, 1.807) is 0 Å². The van der Waals surface area contributed by atoms with Crippen LogP contribution in [0.3, 0.4) is 0 Å². The highest BCUT2D eigenvalue weighted by Gasteiger charge is 2.14. The van der Waals surface area contributed by atoms with Gasteiger partial charge in [0.1, 0.15) is 5.65 Å². The molecule has 0 unspecified atom stereocenters. The van der Waals surface area contributed by atoms with Gasteiger partial charge in [-0.25, -0.2) is 4.98 Å². The molecule has 2 aromatic carbocycles. The van der Waals surface area contributed by atoms with Gasteiger partial charge in [0, 0.05) is 78.2 Å². The molecular weight excluding hydrogens is 406 g/mol. The maximum atomic E-state index is 4.72. The lowest BCUT2D eigenvalue weighted by molar-refractivity contribution is 0.148. The minimum atomic E-state index is 0.922. The summed E-state index contributed by atoms with van der Waals surface area (Å²) in [5.74, 6) is 0. The number of hydrogen-bond donors (Lipinski definition) is 2. The largest absolute Gasteiger partial charge is 0.359 e. The summed E-state index contributed by atoms with van der Waals surface area (Å²) >= 11 is 0. The number of benzene rings is 2. The van der Waals surface area contributed by atoms with Gasteiger partial charge in [-0.1, -0.05) is 30.3 Å². The van der Waals surface area contributed by atoms with E-state index in [-0.39, 0.29) is 0 Å². The van der Waals surface area contributed by atoms with Gasteiger partial charge in [0.15, 0.2) is 0 Å². The van der Waals surface area contributed by atoms with Crippen LogP contribution in [0.4, 0.5) is 0 Å². The number of fused-ring (bicyclic) bond motifs is 2. The summed E-state index contributed by atoms with van der Waals surface area (Å²) in [6.07, 6.45) is 4.04. The Bertz CT molecular complexity index is 1420. The number of aromatic amines is 2. The number of piperazine rings is 1. The Hall–Kier alpha value is -3.41. The molecule has 0 aliphatic carbocycles. The van der Waals surface area contributed by atoms with E-state index in [1.807, 2.05) is 6.20 Å². The molecule has 0 saturated carbocycles. The third-order valence-electron chi connectivity index (χ3n) is 6.89. The molecule has 1 aliphatic rings. The Morgan fingerprint density at radius 2 is 1.67 bits per heavy atom. The second-order valence-electron chi connectivity index (χ2n) is 9.35. The van der Waals surface area contributed by atoms with E-state index in [4.69, 9.17) is 4.98 Å². The van der Waals surface area contributed by atoms with Gasteiger partial charge in [-0.3, -0.25) is 4.90 Å². The van der Waals surface area contributed by atoms with Crippen LogP contribution in [-0.4, -0.2) is 58.0 Å². The van der Waals surface area contributed by atoms with E-state index in [0.717, 1.165) is 49.3 Å². The third kappa shape index (κ3) is 3.94. The number of nitrogens with one attached hydrogen (secondary N) is 2. The van der Waals surface area contributed by atoms with E-state index in [0.29, 0.717) is 0 Å². The fourth-order valence-electron chi connectivity index (χ4n) is 4.91. The monoisotopic (exact) mass is 435 g/mol. The molecule has 0 spiro atoms. The van der Waals surface area contributed by atoms with E-state index in [1.165, 1.54) is 38.9 Å². The predicted octanol–water partition coefficient (Wildman–Crippen LogP) is 5.43. The number of nitrogens with zero attached hydrogens (tertiary/aromatic N) is 3. The number of pyridine rings is 1. The highest BCUT2D eigenvalue weighted by atomic mass is 15.2. The maximum absolute atomic E-state index is 4.72. The molecule has 5 nitrogen and oxygen atoms in total. The first-order chi connectivity index (χ1) is 16.1. The standard InChI is InChI=1S/C28H29N5/c1-19-13-23-14-22(7-8-27(23)31-19)26-17-30-28-25(26)15-24(16-29-28)21-5-3-20(4-6-21)18-33-11-9-32(2)10-12-33/h3-8,13-17,31H,9-12,18H2,1-2H3,(H,29,30). The number of hydrogen-bond acceptors (Lipinski definition) is 3. The lowest BCUT2D eigenvalue weighted by Crippen LogP contribution is -2.43. The van der Waals surface area contributed by atoms with Crippen molar-refractivity contribution in [2.75, 3.05) is 33.2 Å². The summed E-state index contributed by atoms with van der Waals surface area (Å²) in [7, 11) is 2.20. The number of aromatic nitrogens is 3. The average Bonchev–Trinajstić information content (AvgIpc) is 3.42. The van der Waals surface area contributed by atoms with Gasteiger partial charge >= 0.3 is 0 Å². The summed E-state index contributed by atoms with van der Waals surface area (Å²) in [5.41, 5.74) is 9.39. The molecule has 1 fully saturated rings. The smallest absolute Gasteiger partial charge is 0.137 e. The van der Waals surface area contributed by atoms with Crippen molar-refractivity contribution >= 4 is 21.9 Å². The molecule has 33 heavy (non-hydrogen) atoms. The molecule has 0 radical (unpaired) electrons. The zero-order chi connectivity index (χ0) is 22.4. The third-order valence-corrected chi connectivity index (χ3v) is 6.89. The van der Waals surface area contributed by atoms with Crippen LogP contribution in [-0.2, 0) is 6.54 Å². The lowest BCUT2D eigenvalue weighted by Gasteiger charge is -2.32. The van der Waals surface area contributed by atoms with E-state index in [9.17, 15) is 0 Å². The van der Waals surface area contributed by atoms with Gasteiger partial charge in [0.2, 0.25) is 0 Å². The first-order valence-electron chi connectivity index (χ1n) is 11.7. The molecule has 0 bridgehead atoms. The van der Waals surface area contributed by atoms with Crippen LogP contribution in [0.2, 0.25) is 0 Å². The molecule has 6 rings (SSSR count). The Kier molecular flexibility index (Phi) is 5.01. The number of rotatable bonds is 4. The molecule has 4 heterocycles. The van der Waals surface area contributed by atoms with Gasteiger partial charge in [-0.2, -0.15) is 0 Å². The second-order valence-corrected chi connectivity index (χ2v) is 9.35. The number of H-pyrrole nitrogens is 2. The van der Waals surface area contributed by atoms with Crippen molar-refractivity contribution < 1.29 is 0 Å². The summed E-state index contributed by atoms with van der Waals surface area (Å²) in [5, 5.41) is 2.39. The van der Waals surface area contributed by atoms with Crippen molar-refractivity contribution in [2.45, 2.75) is 13.5 Å². The molecular formula is C28H29N5. The fourth-order valence-corrected chi connectivity index (χ4v) is 4.91. The average molecular weight is 436 g/mol. The van der Waals surface area contributed by atoms with Crippen LogP contribution in [0.5, 0.6) is 0 Å². The van der Waals surface area contributed by atoms with Crippen molar-refractivity contribution in [3.8, 4) is 22.3 Å². The van der Waals surface area contributed by atoms with E-state index in [2.05, 4.69) is 94.5 Å². The number of likely N-dealkylation sites (N-methyl/N-ethyl adjacent to an activating group) is 1. The van der Waals surface area contributed by atoms with Crippen molar-refractivity contribution in [1.29, 1.82) is 0 Å².